The first-order valence-electron chi connectivity index (χ1n) is 12.6. The first kappa shape index (κ1) is 22.9. The highest BCUT2D eigenvalue weighted by molar-refractivity contribution is 5.43. The number of aliphatic hydroxyl groups excluding tert-OH is 2. The lowest BCUT2D eigenvalue weighted by Gasteiger charge is -2.60. The first-order chi connectivity index (χ1) is 14.8. The number of phenols is 1. The van der Waals surface area contributed by atoms with Crippen molar-refractivity contribution in [2.45, 2.75) is 103 Å². The van der Waals surface area contributed by atoms with Crippen LogP contribution < -0.4 is 0 Å². The predicted molar refractivity (Wildman–Crippen MR) is 126 cm³/mol. The molecule has 0 amide bonds. The molecule has 2 saturated carbocycles. The number of rotatable bonds is 8. The lowest BCUT2D eigenvalue weighted by Crippen LogP contribution is -2.54. The third-order valence-corrected chi connectivity index (χ3v) is 9.30. The van der Waals surface area contributed by atoms with Gasteiger partial charge in [0.05, 0.1) is 12.2 Å². The predicted octanol–water partition coefficient (Wildman–Crippen LogP) is 6.11. The zero-order valence-corrected chi connectivity index (χ0v) is 19.5. The smallest absolute Gasteiger partial charge is 0.115 e. The highest BCUT2D eigenvalue weighted by Gasteiger charge is 2.63. The van der Waals surface area contributed by atoms with Gasteiger partial charge in [0, 0.05) is 0 Å². The van der Waals surface area contributed by atoms with Gasteiger partial charge in [-0.15, -0.1) is 6.58 Å². The van der Waals surface area contributed by atoms with Crippen molar-refractivity contribution in [3.63, 3.8) is 0 Å². The van der Waals surface area contributed by atoms with E-state index in [1.165, 1.54) is 36.8 Å². The van der Waals surface area contributed by atoms with Crippen LogP contribution in [0.4, 0.5) is 0 Å². The van der Waals surface area contributed by atoms with Crippen LogP contribution in [0.25, 0.3) is 0 Å². The van der Waals surface area contributed by atoms with Gasteiger partial charge in [0.1, 0.15) is 5.75 Å². The number of aromatic hydroxyl groups is 1. The molecule has 172 valence electrons. The Balaban J connectivity index is 1.61. The van der Waals surface area contributed by atoms with E-state index in [0.717, 1.165) is 44.9 Å². The summed E-state index contributed by atoms with van der Waals surface area (Å²) in [7, 11) is 0. The van der Waals surface area contributed by atoms with Crippen molar-refractivity contribution in [1.29, 1.82) is 0 Å². The Morgan fingerprint density at radius 1 is 1.19 bits per heavy atom. The zero-order valence-electron chi connectivity index (χ0n) is 19.5. The highest BCUT2D eigenvalue weighted by atomic mass is 16.3. The maximum atomic E-state index is 11.0. The zero-order chi connectivity index (χ0) is 22.2. The van der Waals surface area contributed by atoms with E-state index in [1.54, 1.807) is 0 Å². The molecule has 0 bridgehead atoms. The number of allylic oxidation sites excluding steroid dienone is 1. The van der Waals surface area contributed by atoms with Crippen molar-refractivity contribution in [1.82, 2.24) is 0 Å². The van der Waals surface area contributed by atoms with Crippen molar-refractivity contribution in [3.8, 4) is 5.75 Å². The lowest BCUT2D eigenvalue weighted by atomic mass is 9.44. The normalized spacial score (nSPS) is 37.5. The first-order valence-corrected chi connectivity index (χ1v) is 12.6. The summed E-state index contributed by atoms with van der Waals surface area (Å²) in [5.74, 6) is 1.83. The molecule has 1 aromatic rings. The standard InChI is InChI=1S/C28H42O3/c1-4-28-16-15-20-17-22(30)11-12-23(20)26(28)21(10-8-6-5-7-9-19(2)29)18-27(3)24(28)13-14-25(27)31/h4,11-12,17,19,21,24-26,29-31H,1,5-10,13-16,18H2,2-3H3/t19-,21+,24-,25+,26-,27+,28?/m1/s1. The number of phenolic OH excluding ortho intramolecular Hbond substituents is 1. The third-order valence-electron chi connectivity index (χ3n) is 9.30. The van der Waals surface area contributed by atoms with Crippen LogP contribution in [-0.2, 0) is 6.42 Å². The maximum Gasteiger partial charge on any atom is 0.115 e. The molecule has 0 saturated heterocycles. The third kappa shape index (κ3) is 3.97. The van der Waals surface area contributed by atoms with Gasteiger partial charge < -0.3 is 15.3 Å². The lowest BCUT2D eigenvalue weighted by molar-refractivity contribution is -0.0812. The van der Waals surface area contributed by atoms with Crippen LogP contribution in [0.2, 0.25) is 0 Å². The van der Waals surface area contributed by atoms with Gasteiger partial charge in [-0.3, -0.25) is 0 Å². The molecular formula is C28H42O3. The molecule has 3 N–H and O–H groups in total. The van der Waals surface area contributed by atoms with E-state index < -0.39 is 0 Å². The Morgan fingerprint density at radius 2 is 1.97 bits per heavy atom. The summed E-state index contributed by atoms with van der Waals surface area (Å²) >= 11 is 0. The molecule has 3 nitrogen and oxygen atoms in total. The fourth-order valence-corrected chi connectivity index (χ4v) is 7.89. The van der Waals surface area contributed by atoms with Crippen LogP contribution in [0.5, 0.6) is 5.75 Å². The van der Waals surface area contributed by atoms with E-state index in [9.17, 15) is 15.3 Å². The van der Waals surface area contributed by atoms with Crippen molar-refractivity contribution in [2.75, 3.05) is 0 Å². The summed E-state index contributed by atoms with van der Waals surface area (Å²) < 4.78 is 0. The van der Waals surface area contributed by atoms with E-state index in [-0.39, 0.29) is 23.0 Å². The SMILES string of the molecule is C=CC12CCc3cc(O)ccc3[C@H]1[C@@H](CCCCCC[C@@H](C)O)C[C@]1(C)[C@@H](O)CC[C@@H]21. The molecule has 0 aromatic heterocycles. The van der Waals surface area contributed by atoms with Crippen molar-refractivity contribution in [2.24, 2.45) is 22.7 Å². The molecule has 2 fully saturated rings. The summed E-state index contributed by atoms with van der Waals surface area (Å²) in [6.45, 7) is 8.60. The second-order valence-electron chi connectivity index (χ2n) is 11.1. The monoisotopic (exact) mass is 426 g/mol. The number of hydrogen-bond donors (Lipinski definition) is 3. The average Bonchev–Trinajstić information content (AvgIpc) is 3.04. The van der Waals surface area contributed by atoms with E-state index in [1.807, 2.05) is 19.1 Å². The topological polar surface area (TPSA) is 60.7 Å². The van der Waals surface area contributed by atoms with E-state index in [2.05, 4.69) is 25.6 Å². The molecule has 7 atom stereocenters. The van der Waals surface area contributed by atoms with Gasteiger partial charge in [-0.2, -0.15) is 0 Å². The molecule has 0 radical (unpaired) electrons. The molecule has 0 aliphatic heterocycles. The molecule has 3 aliphatic rings. The summed E-state index contributed by atoms with van der Waals surface area (Å²) in [4.78, 5) is 0. The van der Waals surface area contributed by atoms with E-state index in [4.69, 9.17) is 0 Å². The van der Waals surface area contributed by atoms with E-state index >= 15 is 0 Å². The molecular weight excluding hydrogens is 384 g/mol. The minimum Gasteiger partial charge on any atom is -0.508 e. The van der Waals surface area contributed by atoms with Crippen LogP contribution in [0.3, 0.4) is 0 Å². The number of aliphatic hydroxyl groups is 2. The van der Waals surface area contributed by atoms with Gasteiger partial charge in [0.2, 0.25) is 0 Å². The molecule has 4 rings (SSSR count). The Hall–Kier alpha value is -1.32. The molecule has 31 heavy (non-hydrogen) atoms. The van der Waals surface area contributed by atoms with Crippen molar-refractivity contribution < 1.29 is 15.3 Å². The molecule has 3 aliphatic carbocycles. The molecule has 0 heterocycles. The Morgan fingerprint density at radius 3 is 2.71 bits per heavy atom. The summed E-state index contributed by atoms with van der Waals surface area (Å²) in [5.41, 5.74) is 2.76. The molecule has 0 spiro atoms. The second kappa shape index (κ2) is 8.90. The largest absolute Gasteiger partial charge is 0.508 e. The highest BCUT2D eigenvalue weighted by Crippen LogP contribution is 2.69. The van der Waals surface area contributed by atoms with Crippen LogP contribution in [0.15, 0.2) is 30.9 Å². The van der Waals surface area contributed by atoms with Crippen molar-refractivity contribution in [3.05, 3.63) is 42.0 Å². The number of unbranched alkanes of at least 4 members (excludes halogenated alkanes) is 3. The fourth-order valence-electron chi connectivity index (χ4n) is 7.89. The fraction of sp³-hybridized carbons (Fsp3) is 0.714. The minimum atomic E-state index is -0.204. The number of fused-ring (bicyclic) bond motifs is 5. The Bertz CT molecular complexity index is 786. The Kier molecular flexibility index (Phi) is 6.57. The molecule has 1 aromatic carbocycles. The second-order valence-corrected chi connectivity index (χ2v) is 11.1. The quantitative estimate of drug-likeness (QED) is 0.347. The average molecular weight is 427 g/mol. The van der Waals surface area contributed by atoms with Gasteiger partial charge >= 0.3 is 0 Å². The van der Waals surface area contributed by atoms with Gasteiger partial charge in [-0.1, -0.05) is 44.7 Å². The van der Waals surface area contributed by atoms with E-state index in [0.29, 0.717) is 23.5 Å². The number of hydrogen-bond acceptors (Lipinski definition) is 3. The maximum absolute atomic E-state index is 11.0. The van der Waals surface area contributed by atoms with Crippen molar-refractivity contribution >= 4 is 0 Å². The summed E-state index contributed by atoms with van der Waals surface area (Å²) in [5, 5.41) is 30.6. The molecule has 1 unspecified atom stereocenters. The number of benzene rings is 1. The van der Waals surface area contributed by atoms with Gasteiger partial charge in [-0.05, 0) is 104 Å². The van der Waals surface area contributed by atoms with Gasteiger partial charge in [0.15, 0.2) is 0 Å². The minimum absolute atomic E-state index is 0.0178. The van der Waals surface area contributed by atoms with Crippen LogP contribution in [-0.4, -0.2) is 27.5 Å². The number of aryl methyl sites for hydroxylation is 1. The van der Waals surface area contributed by atoms with Gasteiger partial charge in [-0.25, -0.2) is 0 Å². The van der Waals surface area contributed by atoms with Crippen LogP contribution in [0, 0.1) is 22.7 Å². The Labute approximate surface area is 188 Å². The van der Waals surface area contributed by atoms with Crippen LogP contribution in [0.1, 0.15) is 95.1 Å². The summed E-state index contributed by atoms with van der Waals surface area (Å²) in [6, 6.07) is 6.02. The molecule has 3 heteroatoms. The summed E-state index contributed by atoms with van der Waals surface area (Å²) in [6.07, 6.45) is 13.8. The van der Waals surface area contributed by atoms with Gasteiger partial charge in [0.25, 0.3) is 0 Å². The van der Waals surface area contributed by atoms with Crippen LogP contribution >= 0.6 is 0 Å².